The zero-order valence-electron chi connectivity index (χ0n) is 12.1. The molecule has 116 valence electrons. The van der Waals surface area contributed by atoms with Crippen LogP contribution in [-0.2, 0) is 11.3 Å². The second-order valence-electron chi connectivity index (χ2n) is 5.50. The summed E-state index contributed by atoms with van der Waals surface area (Å²) >= 11 is 6.13. The van der Waals surface area contributed by atoms with Crippen molar-refractivity contribution < 1.29 is 9.32 Å². The van der Waals surface area contributed by atoms with Crippen LogP contribution < -0.4 is 10.6 Å². The van der Waals surface area contributed by atoms with E-state index in [0.717, 1.165) is 25.1 Å². The van der Waals surface area contributed by atoms with Crippen LogP contribution in [0.1, 0.15) is 18.6 Å². The summed E-state index contributed by atoms with van der Waals surface area (Å²) in [6.45, 7) is 2.27. The minimum absolute atomic E-state index is 0.0457. The summed E-state index contributed by atoms with van der Waals surface area (Å²) in [6.07, 6.45) is 1.62. The molecule has 0 aliphatic carbocycles. The predicted molar refractivity (Wildman–Crippen MR) is 84.4 cm³/mol. The number of rotatable bonds is 5. The summed E-state index contributed by atoms with van der Waals surface area (Å²) < 4.78 is 5.26. The standard InChI is InChI=1S/C16H18ClN3O2/c17-14-4-2-1-3-13(14)15-8-12(22-20-15)10-19-16(21)7-11-5-6-18-9-11/h1-4,8,11,18H,5-7,9-10H2,(H,19,21). The molecule has 0 bridgehead atoms. The van der Waals surface area contributed by atoms with Crippen LogP contribution in [0.3, 0.4) is 0 Å². The highest BCUT2D eigenvalue weighted by atomic mass is 35.5. The van der Waals surface area contributed by atoms with Crippen molar-refractivity contribution in [2.75, 3.05) is 13.1 Å². The van der Waals surface area contributed by atoms with Gasteiger partial charge in [-0.15, -0.1) is 0 Å². The molecule has 1 saturated heterocycles. The van der Waals surface area contributed by atoms with E-state index < -0.39 is 0 Å². The van der Waals surface area contributed by atoms with Gasteiger partial charge in [-0.2, -0.15) is 0 Å². The van der Waals surface area contributed by atoms with E-state index in [1.54, 1.807) is 6.07 Å². The Bertz CT molecular complexity index is 650. The molecule has 1 unspecified atom stereocenters. The lowest BCUT2D eigenvalue weighted by molar-refractivity contribution is -0.122. The minimum atomic E-state index is 0.0457. The fourth-order valence-electron chi connectivity index (χ4n) is 2.60. The zero-order valence-corrected chi connectivity index (χ0v) is 12.9. The predicted octanol–water partition coefficient (Wildman–Crippen LogP) is 2.61. The molecule has 1 aromatic heterocycles. The first-order valence-corrected chi connectivity index (χ1v) is 7.78. The Balaban J connectivity index is 1.55. The molecule has 5 nitrogen and oxygen atoms in total. The molecule has 0 radical (unpaired) electrons. The van der Waals surface area contributed by atoms with Gasteiger partial charge in [-0.1, -0.05) is 35.0 Å². The van der Waals surface area contributed by atoms with Crippen molar-refractivity contribution in [2.45, 2.75) is 19.4 Å². The number of hydrogen-bond acceptors (Lipinski definition) is 4. The van der Waals surface area contributed by atoms with Crippen LogP contribution >= 0.6 is 11.6 Å². The number of nitrogens with one attached hydrogen (secondary N) is 2. The second kappa shape index (κ2) is 6.94. The van der Waals surface area contributed by atoms with E-state index in [1.165, 1.54) is 0 Å². The summed E-state index contributed by atoms with van der Waals surface area (Å²) in [5, 5.41) is 10.8. The number of nitrogens with zero attached hydrogens (tertiary/aromatic N) is 1. The molecular formula is C16H18ClN3O2. The maximum Gasteiger partial charge on any atom is 0.220 e. The molecule has 2 N–H and O–H groups in total. The highest BCUT2D eigenvalue weighted by Gasteiger charge is 2.18. The van der Waals surface area contributed by atoms with E-state index in [-0.39, 0.29) is 5.91 Å². The Kier molecular flexibility index (Phi) is 4.75. The fourth-order valence-corrected chi connectivity index (χ4v) is 2.83. The highest BCUT2D eigenvalue weighted by molar-refractivity contribution is 6.33. The number of hydrogen-bond donors (Lipinski definition) is 2. The molecule has 2 heterocycles. The Labute approximate surface area is 134 Å². The SMILES string of the molecule is O=C(CC1CCNC1)NCc1cc(-c2ccccc2Cl)no1. The first-order chi connectivity index (χ1) is 10.7. The molecular weight excluding hydrogens is 302 g/mol. The lowest BCUT2D eigenvalue weighted by Crippen LogP contribution is -2.25. The van der Waals surface area contributed by atoms with E-state index in [2.05, 4.69) is 15.8 Å². The number of aromatic nitrogens is 1. The molecule has 3 rings (SSSR count). The van der Waals surface area contributed by atoms with Crippen LogP contribution in [0.5, 0.6) is 0 Å². The molecule has 2 aromatic rings. The lowest BCUT2D eigenvalue weighted by Gasteiger charge is -2.07. The fraction of sp³-hybridized carbons (Fsp3) is 0.375. The third-order valence-electron chi connectivity index (χ3n) is 3.80. The second-order valence-corrected chi connectivity index (χ2v) is 5.91. The smallest absolute Gasteiger partial charge is 0.220 e. The molecule has 0 saturated carbocycles. The first-order valence-electron chi connectivity index (χ1n) is 7.40. The Hall–Kier alpha value is -1.85. The molecule has 1 aromatic carbocycles. The van der Waals surface area contributed by atoms with Gasteiger partial charge in [-0.05, 0) is 31.5 Å². The molecule has 0 spiro atoms. The average Bonchev–Trinajstić information content (AvgIpc) is 3.17. The number of carbonyl (C=O) groups excluding carboxylic acids is 1. The first kappa shape index (κ1) is 15.1. The van der Waals surface area contributed by atoms with Crippen LogP contribution in [0.25, 0.3) is 11.3 Å². The molecule has 1 fully saturated rings. The van der Waals surface area contributed by atoms with Crippen molar-refractivity contribution in [1.82, 2.24) is 15.8 Å². The average molecular weight is 320 g/mol. The maximum atomic E-state index is 11.9. The van der Waals surface area contributed by atoms with Gasteiger partial charge in [0.2, 0.25) is 5.91 Å². The van der Waals surface area contributed by atoms with Crippen LogP contribution in [0.2, 0.25) is 5.02 Å². The number of carbonyl (C=O) groups is 1. The summed E-state index contributed by atoms with van der Waals surface area (Å²) in [5.74, 6) is 1.10. The summed E-state index contributed by atoms with van der Waals surface area (Å²) in [6, 6.07) is 9.26. The van der Waals surface area contributed by atoms with E-state index in [4.69, 9.17) is 16.1 Å². The van der Waals surface area contributed by atoms with Crippen molar-refractivity contribution in [3.05, 3.63) is 41.1 Å². The molecule has 6 heteroatoms. The third-order valence-corrected chi connectivity index (χ3v) is 4.13. The van der Waals surface area contributed by atoms with Crippen LogP contribution in [-0.4, -0.2) is 24.2 Å². The number of benzene rings is 1. The van der Waals surface area contributed by atoms with Crippen molar-refractivity contribution >= 4 is 17.5 Å². The van der Waals surface area contributed by atoms with Gasteiger partial charge in [-0.25, -0.2) is 0 Å². The van der Waals surface area contributed by atoms with Gasteiger partial charge in [-0.3, -0.25) is 4.79 Å². The van der Waals surface area contributed by atoms with E-state index >= 15 is 0 Å². The van der Waals surface area contributed by atoms with Gasteiger partial charge in [0.05, 0.1) is 11.6 Å². The van der Waals surface area contributed by atoms with Gasteiger partial charge in [0.25, 0.3) is 0 Å². The maximum absolute atomic E-state index is 11.9. The minimum Gasteiger partial charge on any atom is -0.359 e. The summed E-state index contributed by atoms with van der Waals surface area (Å²) in [5.41, 5.74) is 1.50. The van der Waals surface area contributed by atoms with Crippen molar-refractivity contribution in [2.24, 2.45) is 5.92 Å². The van der Waals surface area contributed by atoms with Crippen molar-refractivity contribution in [3.63, 3.8) is 0 Å². The van der Waals surface area contributed by atoms with Crippen molar-refractivity contribution in [1.29, 1.82) is 0 Å². The normalized spacial score (nSPS) is 17.6. The Morgan fingerprint density at radius 2 is 2.32 bits per heavy atom. The third kappa shape index (κ3) is 3.67. The summed E-state index contributed by atoms with van der Waals surface area (Å²) in [7, 11) is 0. The molecule has 1 atom stereocenters. The van der Waals surface area contributed by atoms with Gasteiger partial charge < -0.3 is 15.2 Å². The van der Waals surface area contributed by atoms with E-state index in [9.17, 15) is 4.79 Å². The summed E-state index contributed by atoms with van der Waals surface area (Å²) in [4.78, 5) is 11.9. The monoisotopic (exact) mass is 319 g/mol. The van der Waals surface area contributed by atoms with Crippen molar-refractivity contribution in [3.8, 4) is 11.3 Å². The van der Waals surface area contributed by atoms with Gasteiger partial charge in [0.1, 0.15) is 5.69 Å². The molecule has 1 aliphatic heterocycles. The van der Waals surface area contributed by atoms with Gasteiger partial charge >= 0.3 is 0 Å². The highest BCUT2D eigenvalue weighted by Crippen LogP contribution is 2.26. The Morgan fingerprint density at radius 1 is 1.45 bits per heavy atom. The molecule has 1 amide bonds. The largest absolute Gasteiger partial charge is 0.359 e. The number of amides is 1. The van der Waals surface area contributed by atoms with Gasteiger partial charge in [0, 0.05) is 18.1 Å². The molecule has 1 aliphatic rings. The molecule has 22 heavy (non-hydrogen) atoms. The Morgan fingerprint density at radius 3 is 3.09 bits per heavy atom. The lowest BCUT2D eigenvalue weighted by atomic mass is 10.0. The van der Waals surface area contributed by atoms with Crippen LogP contribution in [0, 0.1) is 5.92 Å². The number of halogens is 1. The topological polar surface area (TPSA) is 67.2 Å². The van der Waals surface area contributed by atoms with Crippen LogP contribution in [0.4, 0.5) is 0 Å². The quantitative estimate of drug-likeness (QED) is 0.889. The van der Waals surface area contributed by atoms with E-state index in [1.807, 2.05) is 24.3 Å². The van der Waals surface area contributed by atoms with E-state index in [0.29, 0.717) is 35.4 Å². The van der Waals surface area contributed by atoms with Gasteiger partial charge in [0.15, 0.2) is 5.76 Å². The zero-order chi connectivity index (χ0) is 15.4. The van der Waals surface area contributed by atoms with Crippen LogP contribution in [0.15, 0.2) is 34.9 Å².